The van der Waals surface area contributed by atoms with Gasteiger partial charge in [-0.25, -0.2) is 0 Å². The molecule has 0 amide bonds. The first kappa shape index (κ1) is 21.3. The molecule has 0 radical (unpaired) electrons. The Bertz CT molecular complexity index is 1650. The lowest BCUT2D eigenvalue weighted by Crippen LogP contribution is -2.11. The molecule has 0 fully saturated rings. The predicted molar refractivity (Wildman–Crippen MR) is 151 cm³/mol. The third-order valence-corrected chi connectivity index (χ3v) is 9.56. The van der Waals surface area contributed by atoms with Gasteiger partial charge in [0.25, 0.3) is 0 Å². The van der Waals surface area contributed by atoms with E-state index in [1.165, 1.54) is 57.0 Å². The number of pyridine rings is 1. The second kappa shape index (κ2) is 7.63. The summed E-state index contributed by atoms with van der Waals surface area (Å²) in [6.45, 7) is 11.5. The Morgan fingerprint density at radius 1 is 0.879 bits per heavy atom. The molecule has 0 aliphatic carbocycles. The van der Waals surface area contributed by atoms with Gasteiger partial charge in [-0.05, 0) is 86.8 Å². The molecular formula is C29H27NS3. The summed E-state index contributed by atoms with van der Waals surface area (Å²) in [4.78, 5) is 4.92. The summed E-state index contributed by atoms with van der Waals surface area (Å²) in [7, 11) is 0. The van der Waals surface area contributed by atoms with E-state index in [-0.39, 0.29) is 5.41 Å². The molecule has 33 heavy (non-hydrogen) atoms. The smallest absolute Gasteiger partial charge is 0.0880 e. The maximum atomic E-state index is 4.92. The summed E-state index contributed by atoms with van der Waals surface area (Å²) in [5, 5.41) is 9.99. The van der Waals surface area contributed by atoms with Crippen LogP contribution in [0.1, 0.15) is 45.7 Å². The SMILES string of the molecule is CC(C)Cc1csc2cc3c(cc12)sc1c(-c2cc(C(C)(C)C)c4sccc4c2)nccc13. The van der Waals surface area contributed by atoms with Gasteiger partial charge in [0, 0.05) is 36.6 Å². The van der Waals surface area contributed by atoms with Crippen LogP contribution >= 0.6 is 34.0 Å². The Hall–Kier alpha value is -2.27. The van der Waals surface area contributed by atoms with Crippen molar-refractivity contribution in [3.63, 3.8) is 0 Å². The second-order valence-electron chi connectivity index (χ2n) is 10.5. The first-order chi connectivity index (χ1) is 15.8. The van der Waals surface area contributed by atoms with Crippen molar-refractivity contribution in [1.82, 2.24) is 4.98 Å². The van der Waals surface area contributed by atoms with Crippen molar-refractivity contribution in [2.45, 2.75) is 46.5 Å². The van der Waals surface area contributed by atoms with Crippen molar-refractivity contribution < 1.29 is 0 Å². The Kier molecular flexibility index (Phi) is 4.92. The topological polar surface area (TPSA) is 12.9 Å². The molecule has 0 N–H and O–H groups in total. The summed E-state index contributed by atoms with van der Waals surface area (Å²) in [5.41, 5.74) is 5.32. The van der Waals surface area contributed by atoms with Crippen molar-refractivity contribution in [2.24, 2.45) is 5.92 Å². The largest absolute Gasteiger partial charge is 0.255 e. The van der Waals surface area contributed by atoms with Crippen molar-refractivity contribution in [1.29, 1.82) is 0 Å². The average Bonchev–Trinajstić information content (AvgIpc) is 3.47. The minimum atomic E-state index is 0.0876. The van der Waals surface area contributed by atoms with E-state index >= 15 is 0 Å². The van der Waals surface area contributed by atoms with E-state index in [0.717, 1.165) is 12.1 Å². The van der Waals surface area contributed by atoms with E-state index in [9.17, 15) is 0 Å². The molecule has 0 unspecified atom stereocenters. The molecule has 0 aliphatic heterocycles. The van der Waals surface area contributed by atoms with Crippen LogP contribution < -0.4 is 0 Å². The molecule has 0 atom stereocenters. The molecule has 0 saturated carbocycles. The number of fused-ring (bicyclic) bond motifs is 5. The third kappa shape index (κ3) is 3.51. The van der Waals surface area contributed by atoms with Gasteiger partial charge in [-0.2, -0.15) is 0 Å². The van der Waals surface area contributed by atoms with Crippen molar-refractivity contribution in [2.75, 3.05) is 0 Å². The number of rotatable bonds is 3. The van der Waals surface area contributed by atoms with Gasteiger partial charge >= 0.3 is 0 Å². The fraction of sp³-hybridized carbons (Fsp3) is 0.276. The zero-order valence-electron chi connectivity index (χ0n) is 19.7. The van der Waals surface area contributed by atoms with Gasteiger partial charge in [-0.15, -0.1) is 34.0 Å². The molecule has 0 bridgehead atoms. The number of benzene rings is 2. The molecule has 0 saturated heterocycles. The first-order valence-corrected chi connectivity index (χ1v) is 14.1. The normalized spacial score (nSPS) is 12.8. The maximum Gasteiger partial charge on any atom is 0.0880 e. The highest BCUT2D eigenvalue weighted by Crippen LogP contribution is 2.44. The second-order valence-corrected chi connectivity index (χ2v) is 13.3. The molecule has 4 aromatic heterocycles. The van der Waals surface area contributed by atoms with Gasteiger partial charge in [0.2, 0.25) is 0 Å². The number of thiophene rings is 3. The van der Waals surface area contributed by atoms with Gasteiger partial charge in [-0.3, -0.25) is 4.98 Å². The van der Waals surface area contributed by atoms with Gasteiger partial charge < -0.3 is 0 Å². The summed E-state index contributed by atoms with van der Waals surface area (Å²) in [6.07, 6.45) is 3.13. The lowest BCUT2D eigenvalue weighted by Gasteiger charge is -2.21. The summed E-state index contributed by atoms with van der Waals surface area (Å²) in [6, 6.07) is 14.0. The van der Waals surface area contributed by atoms with E-state index in [2.05, 4.69) is 81.8 Å². The molecule has 166 valence electrons. The fourth-order valence-electron chi connectivity index (χ4n) is 4.85. The number of aromatic nitrogens is 1. The van der Waals surface area contributed by atoms with Crippen LogP contribution in [0, 0.1) is 5.92 Å². The maximum absolute atomic E-state index is 4.92. The molecular weight excluding hydrogens is 459 g/mol. The van der Waals surface area contributed by atoms with Gasteiger partial charge in [0.15, 0.2) is 0 Å². The van der Waals surface area contributed by atoms with Crippen LogP contribution in [0.15, 0.2) is 53.4 Å². The van der Waals surface area contributed by atoms with Crippen LogP contribution in [0.5, 0.6) is 0 Å². The van der Waals surface area contributed by atoms with Crippen LogP contribution in [0.3, 0.4) is 0 Å². The van der Waals surface area contributed by atoms with Crippen LogP contribution in [0.25, 0.3) is 51.6 Å². The van der Waals surface area contributed by atoms with E-state index in [1.807, 2.05) is 40.2 Å². The Morgan fingerprint density at radius 2 is 1.70 bits per heavy atom. The predicted octanol–water partition coefficient (Wildman–Crippen LogP) is 10.0. The van der Waals surface area contributed by atoms with E-state index in [4.69, 9.17) is 4.98 Å². The highest BCUT2D eigenvalue weighted by Gasteiger charge is 2.21. The van der Waals surface area contributed by atoms with Crippen molar-refractivity contribution in [3.05, 3.63) is 64.5 Å². The lowest BCUT2D eigenvalue weighted by molar-refractivity contribution is 0.597. The summed E-state index contributed by atoms with van der Waals surface area (Å²) < 4.78 is 5.45. The fourth-order valence-corrected chi connectivity index (χ4v) is 8.19. The molecule has 0 aliphatic rings. The molecule has 6 aromatic rings. The number of hydrogen-bond acceptors (Lipinski definition) is 4. The summed E-state index contributed by atoms with van der Waals surface area (Å²) >= 11 is 5.62. The van der Waals surface area contributed by atoms with Crippen molar-refractivity contribution in [3.8, 4) is 11.3 Å². The third-order valence-electron chi connectivity index (χ3n) is 6.42. The number of hydrogen-bond donors (Lipinski definition) is 0. The first-order valence-electron chi connectivity index (χ1n) is 11.5. The van der Waals surface area contributed by atoms with Crippen LogP contribution in [-0.4, -0.2) is 4.98 Å². The molecule has 4 heterocycles. The highest BCUT2D eigenvalue weighted by molar-refractivity contribution is 7.26. The Labute approximate surface area is 206 Å². The van der Waals surface area contributed by atoms with Crippen LogP contribution in [0.2, 0.25) is 0 Å². The van der Waals surface area contributed by atoms with Gasteiger partial charge in [0.05, 0.1) is 10.4 Å². The summed E-state index contributed by atoms with van der Waals surface area (Å²) in [5.74, 6) is 0.667. The molecule has 1 nitrogen and oxygen atoms in total. The quantitative estimate of drug-likeness (QED) is 0.243. The Balaban J connectivity index is 1.61. The molecule has 2 aromatic carbocycles. The van der Waals surface area contributed by atoms with Crippen LogP contribution in [-0.2, 0) is 11.8 Å². The van der Waals surface area contributed by atoms with E-state index in [0.29, 0.717) is 5.92 Å². The molecule has 6 rings (SSSR count). The standard InChI is InChI=1S/C29H27NS3/c1-16(2)10-19-15-32-24-14-22-20-6-8-30-26(28(20)33-25(22)13-21(19)24)18-11-17-7-9-31-27(17)23(12-18)29(3,4)5/h6-9,11-16H,10H2,1-5H3. The average molecular weight is 486 g/mol. The molecule has 0 spiro atoms. The monoisotopic (exact) mass is 485 g/mol. The Morgan fingerprint density at radius 3 is 2.48 bits per heavy atom. The highest BCUT2D eigenvalue weighted by atomic mass is 32.1. The lowest BCUT2D eigenvalue weighted by atomic mass is 9.85. The van der Waals surface area contributed by atoms with Crippen molar-refractivity contribution >= 4 is 74.4 Å². The van der Waals surface area contributed by atoms with E-state index in [1.54, 1.807) is 0 Å². The minimum Gasteiger partial charge on any atom is -0.255 e. The van der Waals surface area contributed by atoms with Gasteiger partial charge in [0.1, 0.15) is 0 Å². The zero-order valence-corrected chi connectivity index (χ0v) is 22.1. The minimum absolute atomic E-state index is 0.0876. The van der Waals surface area contributed by atoms with Gasteiger partial charge in [-0.1, -0.05) is 34.6 Å². The van der Waals surface area contributed by atoms with Crippen LogP contribution in [0.4, 0.5) is 0 Å². The van der Waals surface area contributed by atoms with E-state index < -0.39 is 0 Å². The molecule has 4 heteroatoms. The zero-order chi connectivity index (χ0) is 22.9. The number of nitrogens with zero attached hydrogens (tertiary/aromatic N) is 1.